The molecular formula is C16H21NO3S. The topological polar surface area (TPSA) is 57.6 Å². The first-order valence-electron chi connectivity index (χ1n) is 7.28. The van der Waals surface area contributed by atoms with Gasteiger partial charge in [0.15, 0.2) is 0 Å². The fraction of sp³-hybridized carbons (Fsp3) is 0.500. The predicted octanol–water partition coefficient (Wildman–Crippen LogP) is 1.84. The molecule has 1 aliphatic rings. The Hall–Kier alpha value is -1.35. The largest absolute Gasteiger partial charge is 0.384 e. The predicted molar refractivity (Wildman–Crippen MR) is 82.2 cm³/mol. The highest BCUT2D eigenvalue weighted by Crippen LogP contribution is 2.25. The summed E-state index contributed by atoms with van der Waals surface area (Å²) in [5.74, 6) is 5.77. The number of piperidine rings is 1. The van der Waals surface area contributed by atoms with Gasteiger partial charge in [0.25, 0.3) is 0 Å². The number of hydrogen-bond donors (Lipinski definition) is 1. The van der Waals surface area contributed by atoms with Gasteiger partial charge in [-0.15, -0.1) is 0 Å². The summed E-state index contributed by atoms with van der Waals surface area (Å²) < 4.78 is 26.8. The van der Waals surface area contributed by atoms with Crippen LogP contribution in [0.15, 0.2) is 29.2 Å². The first-order valence-corrected chi connectivity index (χ1v) is 8.72. The zero-order valence-electron chi connectivity index (χ0n) is 12.2. The van der Waals surface area contributed by atoms with Crippen LogP contribution >= 0.6 is 0 Å². The van der Waals surface area contributed by atoms with Gasteiger partial charge in [0.05, 0.1) is 4.90 Å². The van der Waals surface area contributed by atoms with E-state index in [0.29, 0.717) is 29.5 Å². The quantitative estimate of drug-likeness (QED) is 0.867. The molecule has 21 heavy (non-hydrogen) atoms. The second-order valence-electron chi connectivity index (χ2n) is 5.26. The van der Waals surface area contributed by atoms with E-state index in [2.05, 4.69) is 18.8 Å². The summed E-state index contributed by atoms with van der Waals surface area (Å²) in [5, 5.41) is 8.65. The molecule has 1 aromatic rings. The van der Waals surface area contributed by atoms with Crippen molar-refractivity contribution in [1.82, 2.24) is 4.31 Å². The molecule has 1 aromatic carbocycles. The lowest BCUT2D eigenvalue weighted by Crippen LogP contribution is -2.39. The van der Waals surface area contributed by atoms with Crippen molar-refractivity contribution in [3.05, 3.63) is 29.8 Å². The Morgan fingerprint density at radius 2 is 2.05 bits per heavy atom. The van der Waals surface area contributed by atoms with Crippen molar-refractivity contribution in [3.63, 3.8) is 0 Å². The SMILES string of the molecule is CCC1CCCN(S(=O)(=O)c2ccc(C#CCO)cc2)C1. The van der Waals surface area contributed by atoms with Crippen LogP contribution in [0.5, 0.6) is 0 Å². The fourth-order valence-electron chi connectivity index (χ4n) is 2.58. The molecule has 0 amide bonds. The summed E-state index contributed by atoms with van der Waals surface area (Å²) in [6.07, 6.45) is 3.05. The van der Waals surface area contributed by atoms with Gasteiger partial charge >= 0.3 is 0 Å². The van der Waals surface area contributed by atoms with Crippen LogP contribution in [0.2, 0.25) is 0 Å². The summed E-state index contributed by atoms with van der Waals surface area (Å²) in [7, 11) is -3.41. The van der Waals surface area contributed by atoms with Crippen LogP contribution in [0.3, 0.4) is 0 Å². The molecule has 1 saturated heterocycles. The molecule has 5 heteroatoms. The molecule has 1 aliphatic heterocycles. The Labute approximate surface area is 126 Å². The maximum atomic E-state index is 12.6. The molecule has 1 N–H and O–H groups in total. The molecule has 0 aromatic heterocycles. The number of sulfonamides is 1. The first-order chi connectivity index (χ1) is 10.1. The molecule has 1 atom stereocenters. The van der Waals surface area contributed by atoms with Crippen molar-refractivity contribution >= 4 is 10.0 Å². The zero-order valence-corrected chi connectivity index (χ0v) is 13.1. The van der Waals surface area contributed by atoms with Crippen molar-refractivity contribution < 1.29 is 13.5 Å². The van der Waals surface area contributed by atoms with Crippen molar-refractivity contribution in [3.8, 4) is 11.8 Å². The molecule has 0 radical (unpaired) electrons. The highest BCUT2D eigenvalue weighted by molar-refractivity contribution is 7.89. The minimum atomic E-state index is -3.41. The van der Waals surface area contributed by atoms with Crippen molar-refractivity contribution in [2.75, 3.05) is 19.7 Å². The van der Waals surface area contributed by atoms with E-state index in [4.69, 9.17) is 5.11 Å². The summed E-state index contributed by atoms with van der Waals surface area (Å²) >= 11 is 0. The van der Waals surface area contributed by atoms with Gasteiger partial charge in [0.2, 0.25) is 10.0 Å². The maximum Gasteiger partial charge on any atom is 0.243 e. The van der Waals surface area contributed by atoms with Crippen molar-refractivity contribution in [2.45, 2.75) is 31.1 Å². The molecule has 0 spiro atoms. The van der Waals surface area contributed by atoms with Crippen molar-refractivity contribution in [2.24, 2.45) is 5.92 Å². The van der Waals surface area contributed by atoms with Gasteiger partial charge < -0.3 is 5.11 Å². The summed E-state index contributed by atoms with van der Waals surface area (Å²) in [6.45, 7) is 3.12. The van der Waals surface area contributed by atoms with Gasteiger partial charge in [-0.25, -0.2) is 8.42 Å². The van der Waals surface area contributed by atoms with E-state index in [0.717, 1.165) is 19.3 Å². The number of rotatable bonds is 3. The molecule has 0 saturated carbocycles. The molecular weight excluding hydrogens is 286 g/mol. The lowest BCUT2D eigenvalue weighted by atomic mass is 9.97. The summed E-state index contributed by atoms with van der Waals surface area (Å²) in [6, 6.07) is 6.53. The van der Waals surface area contributed by atoms with Crippen LogP contribution in [0.25, 0.3) is 0 Å². The van der Waals surface area contributed by atoms with Gasteiger partial charge in [-0.2, -0.15) is 4.31 Å². The molecule has 1 unspecified atom stereocenters. The van der Waals surface area contributed by atoms with E-state index >= 15 is 0 Å². The standard InChI is InChI=1S/C16H21NO3S/c1-2-14-5-3-11-17(13-14)21(19,20)16-9-7-15(8-10-16)6-4-12-18/h7-10,14,18H,2-3,5,11-13H2,1H3. The third kappa shape index (κ3) is 3.85. The van der Waals surface area contributed by atoms with E-state index < -0.39 is 10.0 Å². The third-order valence-electron chi connectivity index (χ3n) is 3.86. The maximum absolute atomic E-state index is 12.6. The molecule has 1 fully saturated rings. The highest BCUT2D eigenvalue weighted by atomic mass is 32.2. The molecule has 2 rings (SSSR count). The number of nitrogens with zero attached hydrogens (tertiary/aromatic N) is 1. The van der Waals surface area contributed by atoms with Gasteiger partial charge in [-0.1, -0.05) is 25.2 Å². The number of aliphatic hydroxyl groups is 1. The van der Waals surface area contributed by atoms with Gasteiger partial charge in [-0.3, -0.25) is 0 Å². The van der Waals surface area contributed by atoms with Crippen LogP contribution in [-0.2, 0) is 10.0 Å². The van der Waals surface area contributed by atoms with Crippen LogP contribution in [0, 0.1) is 17.8 Å². The minimum absolute atomic E-state index is 0.202. The Kier molecular flexibility index (Phi) is 5.40. The molecule has 114 valence electrons. The van der Waals surface area contributed by atoms with Crippen LogP contribution in [-0.4, -0.2) is 37.5 Å². The van der Waals surface area contributed by atoms with Crippen LogP contribution in [0.4, 0.5) is 0 Å². The second-order valence-corrected chi connectivity index (χ2v) is 7.20. The van der Waals surface area contributed by atoms with Gasteiger partial charge in [0.1, 0.15) is 6.61 Å². The number of benzene rings is 1. The Morgan fingerprint density at radius 3 is 2.67 bits per heavy atom. The smallest absolute Gasteiger partial charge is 0.243 e. The molecule has 1 heterocycles. The molecule has 0 aliphatic carbocycles. The third-order valence-corrected chi connectivity index (χ3v) is 5.74. The Bertz CT molecular complexity index is 626. The van der Waals surface area contributed by atoms with E-state index in [9.17, 15) is 8.42 Å². The van der Waals surface area contributed by atoms with E-state index in [1.54, 1.807) is 28.6 Å². The van der Waals surface area contributed by atoms with E-state index in [-0.39, 0.29) is 6.61 Å². The van der Waals surface area contributed by atoms with Gasteiger partial charge in [-0.05, 0) is 43.0 Å². The lowest BCUT2D eigenvalue weighted by molar-refractivity contribution is 0.261. The van der Waals surface area contributed by atoms with Crippen molar-refractivity contribution in [1.29, 1.82) is 0 Å². The molecule has 4 nitrogen and oxygen atoms in total. The Balaban J connectivity index is 2.19. The lowest BCUT2D eigenvalue weighted by Gasteiger charge is -2.31. The van der Waals surface area contributed by atoms with Crippen LogP contribution in [0.1, 0.15) is 31.7 Å². The number of hydrogen-bond acceptors (Lipinski definition) is 3. The normalized spacial score (nSPS) is 19.8. The summed E-state index contributed by atoms with van der Waals surface area (Å²) in [5.41, 5.74) is 0.702. The van der Waals surface area contributed by atoms with E-state index in [1.807, 2.05) is 0 Å². The highest BCUT2D eigenvalue weighted by Gasteiger charge is 2.29. The zero-order chi connectivity index (χ0) is 15.3. The Morgan fingerprint density at radius 1 is 1.33 bits per heavy atom. The minimum Gasteiger partial charge on any atom is -0.384 e. The molecule has 0 bridgehead atoms. The van der Waals surface area contributed by atoms with Gasteiger partial charge in [0, 0.05) is 18.7 Å². The average molecular weight is 307 g/mol. The number of aliphatic hydroxyl groups excluding tert-OH is 1. The van der Waals surface area contributed by atoms with E-state index in [1.165, 1.54) is 0 Å². The second kappa shape index (κ2) is 7.08. The monoisotopic (exact) mass is 307 g/mol. The summed E-state index contributed by atoms with van der Waals surface area (Å²) in [4.78, 5) is 0.314. The first kappa shape index (κ1) is 16.0. The van der Waals surface area contributed by atoms with Crippen LogP contribution < -0.4 is 0 Å². The fourth-order valence-corrected chi connectivity index (χ4v) is 4.13. The average Bonchev–Trinajstić information content (AvgIpc) is 2.53.